The Morgan fingerprint density at radius 2 is 2.17 bits per heavy atom. The number of hydrogen-bond donors (Lipinski definition) is 1. The molecule has 0 aliphatic carbocycles. The number of carbonyl (C=O) groups excluding carboxylic acids is 1. The van der Waals surface area contributed by atoms with Crippen LogP contribution in [0.1, 0.15) is 25.3 Å². The standard InChI is InChI=1S/C21H26N6O2/c1-4-29-20(28)15-9-6-10-27(12-15)21-23-17(14-8-5-7-13(2)11-14)16-18(22)26(3)25-19(16)24-21/h5,7-8,11,15H,4,6,9-10,12,22H2,1-3H3. The summed E-state index contributed by atoms with van der Waals surface area (Å²) in [6.07, 6.45) is 1.70. The Bertz CT molecular complexity index is 1060. The van der Waals surface area contributed by atoms with Gasteiger partial charge in [0, 0.05) is 25.7 Å². The van der Waals surface area contributed by atoms with Crippen molar-refractivity contribution in [2.75, 3.05) is 30.3 Å². The highest BCUT2D eigenvalue weighted by Crippen LogP contribution is 2.33. The molecule has 0 amide bonds. The number of nitrogens with zero attached hydrogens (tertiary/aromatic N) is 5. The topological polar surface area (TPSA) is 99.2 Å². The zero-order chi connectivity index (χ0) is 20.5. The number of hydrogen-bond acceptors (Lipinski definition) is 7. The second kappa shape index (κ2) is 7.69. The Morgan fingerprint density at radius 1 is 1.34 bits per heavy atom. The number of anilines is 2. The van der Waals surface area contributed by atoms with Gasteiger partial charge in [0.2, 0.25) is 5.95 Å². The minimum absolute atomic E-state index is 0.153. The lowest BCUT2D eigenvalue weighted by molar-refractivity contribution is -0.148. The van der Waals surface area contributed by atoms with Gasteiger partial charge in [-0.3, -0.25) is 9.48 Å². The van der Waals surface area contributed by atoms with Crippen molar-refractivity contribution in [1.82, 2.24) is 19.7 Å². The molecule has 8 heteroatoms. The number of fused-ring (bicyclic) bond motifs is 1. The van der Waals surface area contributed by atoms with Crippen molar-refractivity contribution in [2.24, 2.45) is 13.0 Å². The number of ether oxygens (including phenoxy) is 1. The molecular formula is C21H26N6O2. The van der Waals surface area contributed by atoms with Crippen LogP contribution in [-0.2, 0) is 16.6 Å². The molecule has 0 radical (unpaired) electrons. The van der Waals surface area contributed by atoms with Gasteiger partial charge in [-0.15, -0.1) is 0 Å². The molecule has 1 aromatic carbocycles. The van der Waals surface area contributed by atoms with Crippen LogP contribution in [0.15, 0.2) is 24.3 Å². The van der Waals surface area contributed by atoms with Crippen molar-refractivity contribution in [2.45, 2.75) is 26.7 Å². The number of benzene rings is 1. The van der Waals surface area contributed by atoms with Gasteiger partial charge >= 0.3 is 5.97 Å². The summed E-state index contributed by atoms with van der Waals surface area (Å²) in [6.45, 7) is 5.60. The lowest BCUT2D eigenvalue weighted by Crippen LogP contribution is -2.40. The van der Waals surface area contributed by atoms with Crippen LogP contribution < -0.4 is 10.6 Å². The van der Waals surface area contributed by atoms with E-state index in [-0.39, 0.29) is 11.9 Å². The first-order valence-electron chi connectivity index (χ1n) is 9.96. The van der Waals surface area contributed by atoms with Gasteiger partial charge in [-0.25, -0.2) is 4.98 Å². The molecule has 1 aliphatic rings. The molecule has 0 spiro atoms. The highest BCUT2D eigenvalue weighted by Gasteiger charge is 2.29. The zero-order valence-corrected chi connectivity index (χ0v) is 17.1. The van der Waals surface area contributed by atoms with Crippen LogP contribution in [0.4, 0.5) is 11.8 Å². The monoisotopic (exact) mass is 394 g/mol. The smallest absolute Gasteiger partial charge is 0.310 e. The fraction of sp³-hybridized carbons (Fsp3) is 0.429. The SMILES string of the molecule is CCOC(=O)C1CCCN(c2nc(-c3cccc(C)c3)c3c(N)n(C)nc3n2)C1. The minimum Gasteiger partial charge on any atom is -0.466 e. The van der Waals surface area contributed by atoms with Gasteiger partial charge in [-0.05, 0) is 32.8 Å². The maximum absolute atomic E-state index is 12.2. The summed E-state index contributed by atoms with van der Waals surface area (Å²) in [7, 11) is 1.80. The van der Waals surface area contributed by atoms with E-state index < -0.39 is 0 Å². The quantitative estimate of drug-likeness (QED) is 0.679. The summed E-state index contributed by atoms with van der Waals surface area (Å²) in [5.74, 6) is 0.783. The Hall–Kier alpha value is -3.16. The van der Waals surface area contributed by atoms with Gasteiger partial charge in [0.1, 0.15) is 5.82 Å². The summed E-state index contributed by atoms with van der Waals surface area (Å²) in [5, 5.41) is 5.23. The maximum Gasteiger partial charge on any atom is 0.310 e. The molecule has 1 aliphatic heterocycles. The van der Waals surface area contributed by atoms with Crippen molar-refractivity contribution < 1.29 is 9.53 Å². The van der Waals surface area contributed by atoms with E-state index in [9.17, 15) is 4.79 Å². The van der Waals surface area contributed by atoms with Gasteiger partial charge in [-0.2, -0.15) is 10.1 Å². The second-order valence-electron chi connectivity index (χ2n) is 7.49. The number of rotatable bonds is 4. The first kappa shape index (κ1) is 19.2. The van der Waals surface area contributed by atoms with Crippen molar-refractivity contribution in [3.8, 4) is 11.3 Å². The lowest BCUT2D eigenvalue weighted by Gasteiger charge is -2.31. The second-order valence-corrected chi connectivity index (χ2v) is 7.49. The molecule has 3 heterocycles. The van der Waals surface area contributed by atoms with Gasteiger partial charge in [-0.1, -0.05) is 23.8 Å². The molecule has 1 fully saturated rings. The zero-order valence-electron chi connectivity index (χ0n) is 17.1. The lowest BCUT2D eigenvalue weighted by atomic mass is 9.98. The van der Waals surface area contributed by atoms with Gasteiger partial charge in [0.05, 0.1) is 23.6 Å². The third kappa shape index (κ3) is 3.62. The van der Waals surface area contributed by atoms with Crippen molar-refractivity contribution in [3.05, 3.63) is 29.8 Å². The van der Waals surface area contributed by atoms with Crippen molar-refractivity contribution in [1.29, 1.82) is 0 Å². The average Bonchev–Trinajstić information content (AvgIpc) is 3.01. The van der Waals surface area contributed by atoms with E-state index in [1.54, 1.807) is 11.7 Å². The Balaban J connectivity index is 1.79. The maximum atomic E-state index is 12.2. The van der Waals surface area contributed by atoms with Crippen molar-refractivity contribution >= 4 is 28.8 Å². The number of aromatic nitrogens is 4. The van der Waals surface area contributed by atoms with E-state index in [1.807, 2.05) is 32.0 Å². The third-order valence-electron chi connectivity index (χ3n) is 5.34. The summed E-state index contributed by atoms with van der Waals surface area (Å²) in [6, 6.07) is 8.14. The van der Waals surface area contributed by atoms with E-state index in [2.05, 4.69) is 21.0 Å². The predicted molar refractivity (Wildman–Crippen MR) is 112 cm³/mol. The van der Waals surface area contributed by atoms with Crippen LogP contribution in [0.25, 0.3) is 22.3 Å². The molecular weight excluding hydrogens is 368 g/mol. The molecule has 0 saturated carbocycles. The number of carbonyl (C=O) groups is 1. The van der Waals surface area contributed by atoms with Crippen LogP contribution in [-0.4, -0.2) is 45.4 Å². The highest BCUT2D eigenvalue weighted by molar-refractivity contribution is 5.99. The number of aryl methyl sites for hydroxylation is 2. The highest BCUT2D eigenvalue weighted by atomic mass is 16.5. The molecule has 4 rings (SSSR count). The molecule has 3 aromatic rings. The number of esters is 1. The molecule has 2 aromatic heterocycles. The number of piperidine rings is 1. The van der Waals surface area contributed by atoms with Gasteiger partial charge in [0.15, 0.2) is 5.65 Å². The summed E-state index contributed by atoms with van der Waals surface area (Å²) in [5.41, 5.74) is 9.71. The van der Waals surface area contributed by atoms with Crippen LogP contribution >= 0.6 is 0 Å². The van der Waals surface area contributed by atoms with Crippen LogP contribution in [0.5, 0.6) is 0 Å². The predicted octanol–water partition coefficient (Wildman–Crippen LogP) is 2.70. The molecule has 1 saturated heterocycles. The third-order valence-corrected chi connectivity index (χ3v) is 5.34. The van der Waals surface area contributed by atoms with Crippen LogP contribution in [0.3, 0.4) is 0 Å². The fourth-order valence-electron chi connectivity index (χ4n) is 3.86. The molecule has 8 nitrogen and oxygen atoms in total. The van der Waals surface area contributed by atoms with Crippen molar-refractivity contribution in [3.63, 3.8) is 0 Å². The Morgan fingerprint density at radius 3 is 2.93 bits per heavy atom. The van der Waals surface area contributed by atoms with Crippen LogP contribution in [0, 0.1) is 12.8 Å². The summed E-state index contributed by atoms with van der Waals surface area (Å²) in [4.78, 5) is 23.8. The largest absolute Gasteiger partial charge is 0.466 e. The first-order chi connectivity index (χ1) is 14.0. The van der Waals surface area contributed by atoms with Crippen LogP contribution in [0.2, 0.25) is 0 Å². The fourth-order valence-corrected chi connectivity index (χ4v) is 3.86. The molecule has 1 unspecified atom stereocenters. The minimum atomic E-state index is -0.167. The Labute approximate surface area is 169 Å². The normalized spacial score (nSPS) is 16.9. The summed E-state index contributed by atoms with van der Waals surface area (Å²) < 4.78 is 6.85. The molecule has 1 atom stereocenters. The van der Waals surface area contributed by atoms with E-state index >= 15 is 0 Å². The molecule has 0 bridgehead atoms. The van der Waals surface area contributed by atoms with Gasteiger partial charge < -0.3 is 15.4 Å². The van der Waals surface area contributed by atoms with E-state index in [4.69, 9.17) is 15.5 Å². The number of nitrogen functional groups attached to an aromatic ring is 1. The first-order valence-corrected chi connectivity index (χ1v) is 9.96. The molecule has 29 heavy (non-hydrogen) atoms. The Kier molecular flexibility index (Phi) is 5.08. The average molecular weight is 394 g/mol. The molecule has 152 valence electrons. The van der Waals surface area contributed by atoms with E-state index in [0.29, 0.717) is 30.6 Å². The van der Waals surface area contributed by atoms with E-state index in [1.165, 1.54) is 0 Å². The molecule has 2 N–H and O–H groups in total. The summed E-state index contributed by atoms with van der Waals surface area (Å²) >= 11 is 0. The number of nitrogens with two attached hydrogens (primary N) is 1. The van der Waals surface area contributed by atoms with E-state index in [0.717, 1.165) is 41.6 Å². The van der Waals surface area contributed by atoms with Gasteiger partial charge in [0.25, 0.3) is 0 Å².